The smallest absolute Gasteiger partial charge is 0.0579 e. The molecule has 2 heterocycles. The number of aliphatic hydroxyl groups excluding tert-OH is 1. The van der Waals surface area contributed by atoms with Crippen molar-refractivity contribution in [1.29, 1.82) is 0 Å². The number of hydrogen-bond acceptors (Lipinski definition) is 3. The van der Waals surface area contributed by atoms with Crippen molar-refractivity contribution in [2.75, 3.05) is 4.90 Å². The van der Waals surface area contributed by atoms with Gasteiger partial charge in [-0.1, -0.05) is 12.1 Å². The lowest BCUT2D eigenvalue weighted by Gasteiger charge is -2.39. The molecule has 18 heavy (non-hydrogen) atoms. The zero-order valence-corrected chi connectivity index (χ0v) is 10.9. The fourth-order valence-electron chi connectivity index (χ4n) is 3.52. The minimum Gasteiger partial charge on any atom is -0.393 e. The second kappa shape index (κ2) is 4.56. The number of piperidine rings is 1. The van der Waals surface area contributed by atoms with Crippen LogP contribution >= 0.6 is 0 Å². The molecule has 3 rings (SSSR count). The molecule has 3 atom stereocenters. The molecule has 2 aliphatic rings. The third kappa shape index (κ3) is 2.02. The van der Waals surface area contributed by atoms with Gasteiger partial charge in [0.25, 0.3) is 0 Å². The van der Waals surface area contributed by atoms with Crippen molar-refractivity contribution in [3.05, 3.63) is 29.8 Å². The molecule has 1 aromatic carbocycles. The number of aliphatic hydroxyl groups is 1. The Morgan fingerprint density at radius 3 is 2.22 bits per heavy atom. The maximum Gasteiger partial charge on any atom is 0.0579 e. The molecule has 2 unspecified atom stereocenters. The van der Waals surface area contributed by atoms with Crippen LogP contribution in [0.1, 0.15) is 44.2 Å². The largest absolute Gasteiger partial charge is 0.393 e. The van der Waals surface area contributed by atoms with E-state index in [0.29, 0.717) is 12.1 Å². The van der Waals surface area contributed by atoms with E-state index in [1.807, 2.05) is 6.92 Å². The first-order valence-electron chi connectivity index (χ1n) is 6.97. The van der Waals surface area contributed by atoms with Crippen molar-refractivity contribution >= 4 is 5.69 Å². The number of nitrogens with two attached hydrogens (primary N) is 1. The minimum atomic E-state index is -0.0953. The fourth-order valence-corrected chi connectivity index (χ4v) is 3.52. The lowest BCUT2D eigenvalue weighted by Crippen LogP contribution is -2.44. The summed E-state index contributed by atoms with van der Waals surface area (Å²) in [5.41, 5.74) is 8.35. The van der Waals surface area contributed by atoms with Crippen LogP contribution in [0.15, 0.2) is 24.3 Å². The van der Waals surface area contributed by atoms with Gasteiger partial charge in [-0.15, -0.1) is 0 Å². The summed E-state index contributed by atoms with van der Waals surface area (Å²) in [6.45, 7) is 2.01. The molecule has 98 valence electrons. The Labute approximate surface area is 109 Å². The van der Waals surface area contributed by atoms with Crippen molar-refractivity contribution in [2.24, 2.45) is 5.73 Å². The van der Waals surface area contributed by atoms with Crippen LogP contribution < -0.4 is 10.6 Å². The van der Waals surface area contributed by atoms with Gasteiger partial charge in [0.05, 0.1) is 6.10 Å². The van der Waals surface area contributed by atoms with Crippen molar-refractivity contribution in [3.8, 4) is 0 Å². The van der Waals surface area contributed by atoms with Crippen LogP contribution in [-0.4, -0.2) is 23.3 Å². The zero-order valence-electron chi connectivity index (χ0n) is 10.9. The van der Waals surface area contributed by atoms with E-state index in [1.165, 1.54) is 24.1 Å². The molecule has 2 aliphatic heterocycles. The Hall–Kier alpha value is -1.06. The number of benzene rings is 1. The molecule has 3 N–H and O–H groups in total. The molecular weight excluding hydrogens is 224 g/mol. The standard InChI is InChI=1S/C15H22N2O/c1-10(16)11-2-4-12(5-3-11)17-13-6-7-14(17)9-15(18)8-13/h2-5,10,13-15,18H,6-9,16H2,1H3/t10-,13?,14?,15?/m1/s1. The SMILES string of the molecule is C[C@@H](N)c1ccc(N2C3CCC2CC(O)C3)cc1. The van der Waals surface area contributed by atoms with E-state index in [9.17, 15) is 5.11 Å². The van der Waals surface area contributed by atoms with Gasteiger partial charge in [0.15, 0.2) is 0 Å². The molecule has 2 saturated heterocycles. The van der Waals surface area contributed by atoms with Crippen molar-refractivity contribution < 1.29 is 5.11 Å². The van der Waals surface area contributed by atoms with Gasteiger partial charge in [-0.3, -0.25) is 0 Å². The average Bonchev–Trinajstić information content (AvgIpc) is 2.62. The molecule has 0 amide bonds. The molecule has 0 aliphatic carbocycles. The molecule has 3 heteroatoms. The van der Waals surface area contributed by atoms with Gasteiger partial charge in [-0.2, -0.15) is 0 Å². The van der Waals surface area contributed by atoms with E-state index in [-0.39, 0.29) is 12.1 Å². The van der Waals surface area contributed by atoms with Crippen LogP contribution in [-0.2, 0) is 0 Å². The van der Waals surface area contributed by atoms with Crippen LogP contribution in [0.25, 0.3) is 0 Å². The van der Waals surface area contributed by atoms with Gasteiger partial charge in [0, 0.05) is 23.8 Å². The third-order valence-corrected chi connectivity index (χ3v) is 4.43. The van der Waals surface area contributed by atoms with E-state index < -0.39 is 0 Å². The summed E-state index contributed by atoms with van der Waals surface area (Å²) in [5.74, 6) is 0. The van der Waals surface area contributed by atoms with Crippen LogP contribution in [0, 0.1) is 0 Å². The Bertz CT molecular complexity index is 401. The maximum absolute atomic E-state index is 9.83. The monoisotopic (exact) mass is 246 g/mol. The first-order chi connectivity index (χ1) is 8.65. The summed E-state index contributed by atoms with van der Waals surface area (Å²) in [6.07, 6.45) is 4.19. The number of rotatable bonds is 2. The fraction of sp³-hybridized carbons (Fsp3) is 0.600. The quantitative estimate of drug-likeness (QED) is 0.841. The Balaban J connectivity index is 1.83. The van der Waals surface area contributed by atoms with E-state index in [2.05, 4.69) is 29.2 Å². The van der Waals surface area contributed by atoms with E-state index >= 15 is 0 Å². The number of hydrogen-bond donors (Lipinski definition) is 2. The predicted molar refractivity (Wildman–Crippen MR) is 73.6 cm³/mol. The highest BCUT2D eigenvalue weighted by Crippen LogP contribution is 2.39. The summed E-state index contributed by atoms with van der Waals surface area (Å²) in [6, 6.07) is 9.78. The van der Waals surface area contributed by atoms with Crippen LogP contribution in [0.3, 0.4) is 0 Å². The Kier molecular flexibility index (Phi) is 3.04. The second-order valence-electron chi connectivity index (χ2n) is 5.80. The van der Waals surface area contributed by atoms with E-state index in [0.717, 1.165) is 12.8 Å². The molecule has 0 spiro atoms. The van der Waals surface area contributed by atoms with Crippen LogP contribution in [0.2, 0.25) is 0 Å². The van der Waals surface area contributed by atoms with Crippen LogP contribution in [0.4, 0.5) is 5.69 Å². The average molecular weight is 246 g/mol. The lowest BCUT2D eigenvalue weighted by molar-refractivity contribution is 0.126. The second-order valence-corrected chi connectivity index (χ2v) is 5.80. The van der Waals surface area contributed by atoms with Gasteiger partial charge in [0.1, 0.15) is 0 Å². The first-order valence-corrected chi connectivity index (χ1v) is 6.97. The lowest BCUT2D eigenvalue weighted by atomic mass is 9.98. The van der Waals surface area contributed by atoms with E-state index in [4.69, 9.17) is 5.73 Å². The summed E-state index contributed by atoms with van der Waals surface area (Å²) in [4.78, 5) is 2.51. The molecule has 3 nitrogen and oxygen atoms in total. The third-order valence-electron chi connectivity index (χ3n) is 4.43. The number of anilines is 1. The molecule has 0 saturated carbocycles. The molecule has 0 radical (unpaired) electrons. The molecule has 2 bridgehead atoms. The summed E-state index contributed by atoms with van der Waals surface area (Å²) in [7, 11) is 0. The molecule has 1 aromatic rings. The molecule has 0 aromatic heterocycles. The van der Waals surface area contributed by atoms with Gasteiger partial charge in [-0.25, -0.2) is 0 Å². The topological polar surface area (TPSA) is 49.5 Å². The summed E-state index contributed by atoms with van der Waals surface area (Å²) >= 11 is 0. The molecule has 2 fully saturated rings. The Morgan fingerprint density at radius 1 is 1.17 bits per heavy atom. The maximum atomic E-state index is 9.83. The van der Waals surface area contributed by atoms with E-state index in [1.54, 1.807) is 0 Å². The van der Waals surface area contributed by atoms with Gasteiger partial charge in [-0.05, 0) is 50.3 Å². The Morgan fingerprint density at radius 2 is 1.72 bits per heavy atom. The van der Waals surface area contributed by atoms with Crippen molar-refractivity contribution in [3.63, 3.8) is 0 Å². The molecular formula is C15H22N2O. The normalized spacial score (nSPS) is 32.6. The highest BCUT2D eigenvalue weighted by atomic mass is 16.3. The predicted octanol–water partition coefficient (Wildman–Crippen LogP) is 2.20. The van der Waals surface area contributed by atoms with Gasteiger partial charge >= 0.3 is 0 Å². The van der Waals surface area contributed by atoms with Crippen molar-refractivity contribution in [1.82, 2.24) is 0 Å². The van der Waals surface area contributed by atoms with Gasteiger partial charge < -0.3 is 15.7 Å². The minimum absolute atomic E-state index is 0.0953. The summed E-state index contributed by atoms with van der Waals surface area (Å²) < 4.78 is 0. The first kappa shape index (κ1) is 12.0. The number of nitrogens with zero attached hydrogens (tertiary/aromatic N) is 1. The van der Waals surface area contributed by atoms with Crippen LogP contribution in [0.5, 0.6) is 0 Å². The zero-order chi connectivity index (χ0) is 12.7. The van der Waals surface area contributed by atoms with Gasteiger partial charge in [0.2, 0.25) is 0 Å². The highest BCUT2D eigenvalue weighted by Gasteiger charge is 2.40. The number of fused-ring (bicyclic) bond motifs is 2. The summed E-state index contributed by atoms with van der Waals surface area (Å²) in [5, 5.41) is 9.83. The highest BCUT2D eigenvalue weighted by molar-refractivity contribution is 5.51. The van der Waals surface area contributed by atoms with Crippen molar-refractivity contribution in [2.45, 2.75) is 56.8 Å².